The lowest BCUT2D eigenvalue weighted by molar-refractivity contribution is -0.172. The quantitative estimate of drug-likeness (QED) is 0.756. The Balaban J connectivity index is 2.68. The summed E-state index contributed by atoms with van der Waals surface area (Å²) in [6, 6.07) is 0. The van der Waals surface area contributed by atoms with Gasteiger partial charge in [-0.1, -0.05) is 0 Å². The number of rotatable bonds is 3. The van der Waals surface area contributed by atoms with Gasteiger partial charge >= 0.3 is 6.18 Å². The second kappa shape index (κ2) is 3.37. The van der Waals surface area contributed by atoms with E-state index in [2.05, 4.69) is 5.32 Å². The first-order valence-corrected chi connectivity index (χ1v) is 4.74. The number of nitrogens with two attached hydrogens (primary N) is 1. The Morgan fingerprint density at radius 3 is 2.13 bits per heavy atom. The Kier molecular flexibility index (Phi) is 2.76. The van der Waals surface area contributed by atoms with E-state index in [1.807, 2.05) is 0 Å². The summed E-state index contributed by atoms with van der Waals surface area (Å²) in [5, 5.41) is 2.05. The summed E-state index contributed by atoms with van der Waals surface area (Å²) in [7, 11) is 0. The molecule has 0 aliphatic heterocycles. The number of alkyl halides is 3. The lowest BCUT2D eigenvalue weighted by Gasteiger charge is -2.27. The van der Waals surface area contributed by atoms with Gasteiger partial charge in [-0.05, 0) is 26.7 Å². The normalized spacial score (nSPS) is 19.9. The van der Waals surface area contributed by atoms with Gasteiger partial charge < -0.3 is 11.1 Å². The Hall–Kier alpha value is -0.780. The van der Waals surface area contributed by atoms with E-state index in [-0.39, 0.29) is 19.4 Å². The lowest BCUT2D eigenvalue weighted by atomic mass is 9.92. The SMILES string of the molecule is CC(C)(CN)C(=O)NC1(C(F)(F)F)CC1. The molecule has 6 heteroatoms. The van der Waals surface area contributed by atoms with Crippen molar-refractivity contribution in [3.8, 4) is 0 Å². The monoisotopic (exact) mass is 224 g/mol. The van der Waals surface area contributed by atoms with Gasteiger partial charge in [-0.3, -0.25) is 4.79 Å². The van der Waals surface area contributed by atoms with E-state index in [4.69, 9.17) is 5.73 Å². The van der Waals surface area contributed by atoms with Crippen LogP contribution in [-0.4, -0.2) is 24.2 Å². The highest BCUT2D eigenvalue weighted by Crippen LogP contribution is 2.49. The third-order valence-corrected chi connectivity index (χ3v) is 2.77. The molecule has 0 aromatic rings. The van der Waals surface area contributed by atoms with Crippen molar-refractivity contribution < 1.29 is 18.0 Å². The summed E-state index contributed by atoms with van der Waals surface area (Å²) in [6.45, 7) is 3.07. The Morgan fingerprint density at radius 2 is 1.87 bits per heavy atom. The first kappa shape index (κ1) is 12.3. The van der Waals surface area contributed by atoms with Gasteiger partial charge in [-0.25, -0.2) is 0 Å². The Morgan fingerprint density at radius 1 is 1.40 bits per heavy atom. The average molecular weight is 224 g/mol. The van der Waals surface area contributed by atoms with E-state index in [0.717, 1.165) is 0 Å². The van der Waals surface area contributed by atoms with Crippen LogP contribution in [0.2, 0.25) is 0 Å². The third kappa shape index (κ3) is 2.25. The van der Waals surface area contributed by atoms with Crippen LogP contribution in [0.3, 0.4) is 0 Å². The van der Waals surface area contributed by atoms with Crippen LogP contribution in [0, 0.1) is 5.41 Å². The van der Waals surface area contributed by atoms with Crippen LogP contribution in [0.5, 0.6) is 0 Å². The van der Waals surface area contributed by atoms with Crippen molar-refractivity contribution in [2.24, 2.45) is 11.1 Å². The zero-order valence-corrected chi connectivity index (χ0v) is 8.74. The molecular formula is C9H15F3N2O. The highest BCUT2D eigenvalue weighted by Gasteiger charge is 2.64. The molecule has 0 unspecified atom stereocenters. The fourth-order valence-electron chi connectivity index (χ4n) is 1.08. The van der Waals surface area contributed by atoms with E-state index in [1.54, 1.807) is 0 Å². The fourth-order valence-corrected chi connectivity index (χ4v) is 1.08. The Bertz CT molecular complexity index is 269. The Labute approximate surface area is 86.2 Å². The molecule has 1 fully saturated rings. The zero-order valence-electron chi connectivity index (χ0n) is 8.74. The van der Waals surface area contributed by atoms with E-state index in [9.17, 15) is 18.0 Å². The molecular weight excluding hydrogens is 209 g/mol. The smallest absolute Gasteiger partial charge is 0.341 e. The molecule has 0 spiro atoms. The van der Waals surface area contributed by atoms with Crippen molar-refractivity contribution in [3.05, 3.63) is 0 Å². The van der Waals surface area contributed by atoms with Crippen LogP contribution in [0.1, 0.15) is 26.7 Å². The molecule has 0 bridgehead atoms. The van der Waals surface area contributed by atoms with Crippen LogP contribution < -0.4 is 11.1 Å². The molecule has 0 radical (unpaired) electrons. The second-order valence-electron chi connectivity index (χ2n) is 4.62. The van der Waals surface area contributed by atoms with Gasteiger partial charge in [-0.2, -0.15) is 13.2 Å². The van der Waals surface area contributed by atoms with E-state index in [1.165, 1.54) is 13.8 Å². The predicted octanol–water partition coefficient (Wildman–Crippen LogP) is 1.18. The number of amides is 1. The molecule has 0 aromatic carbocycles. The molecule has 1 aliphatic rings. The molecule has 0 saturated heterocycles. The number of halogens is 3. The molecule has 0 aromatic heterocycles. The molecule has 15 heavy (non-hydrogen) atoms. The first-order valence-electron chi connectivity index (χ1n) is 4.74. The minimum Gasteiger partial charge on any atom is -0.341 e. The van der Waals surface area contributed by atoms with Gasteiger partial charge in [0.2, 0.25) is 5.91 Å². The van der Waals surface area contributed by atoms with E-state index >= 15 is 0 Å². The molecule has 0 heterocycles. The van der Waals surface area contributed by atoms with Crippen molar-refractivity contribution >= 4 is 5.91 Å². The number of carbonyl (C=O) groups is 1. The van der Waals surface area contributed by atoms with Crippen molar-refractivity contribution in [1.82, 2.24) is 5.32 Å². The van der Waals surface area contributed by atoms with Crippen molar-refractivity contribution in [2.45, 2.75) is 38.4 Å². The van der Waals surface area contributed by atoms with Gasteiger partial charge in [0, 0.05) is 6.54 Å². The summed E-state index contributed by atoms with van der Waals surface area (Å²) < 4.78 is 37.5. The molecule has 3 nitrogen and oxygen atoms in total. The van der Waals surface area contributed by atoms with Gasteiger partial charge in [0.1, 0.15) is 5.54 Å². The van der Waals surface area contributed by atoms with Crippen molar-refractivity contribution in [3.63, 3.8) is 0 Å². The van der Waals surface area contributed by atoms with Crippen molar-refractivity contribution in [2.75, 3.05) is 6.54 Å². The average Bonchev–Trinajstić information content (AvgIpc) is 2.84. The number of hydrogen-bond donors (Lipinski definition) is 2. The number of carbonyl (C=O) groups excluding carboxylic acids is 1. The summed E-state index contributed by atoms with van der Waals surface area (Å²) in [4.78, 5) is 11.5. The molecule has 1 rings (SSSR count). The van der Waals surface area contributed by atoms with Crippen LogP contribution in [-0.2, 0) is 4.79 Å². The standard InChI is InChI=1S/C9H15F3N2O/c1-7(2,5-13)6(15)14-8(3-4-8)9(10,11)12/h3-5,13H2,1-2H3,(H,14,15). The maximum atomic E-state index is 12.5. The summed E-state index contributed by atoms with van der Waals surface area (Å²) in [5.41, 5.74) is 2.37. The van der Waals surface area contributed by atoms with Gasteiger partial charge in [0.15, 0.2) is 0 Å². The maximum Gasteiger partial charge on any atom is 0.411 e. The van der Waals surface area contributed by atoms with Crippen molar-refractivity contribution in [1.29, 1.82) is 0 Å². The van der Waals surface area contributed by atoms with Crippen LogP contribution in [0.4, 0.5) is 13.2 Å². The van der Waals surface area contributed by atoms with Crippen LogP contribution in [0.25, 0.3) is 0 Å². The van der Waals surface area contributed by atoms with Crippen LogP contribution in [0.15, 0.2) is 0 Å². The minimum atomic E-state index is -4.37. The molecule has 88 valence electrons. The van der Waals surface area contributed by atoms with E-state index < -0.39 is 23.0 Å². The second-order valence-corrected chi connectivity index (χ2v) is 4.62. The summed E-state index contributed by atoms with van der Waals surface area (Å²) >= 11 is 0. The van der Waals surface area contributed by atoms with Crippen LogP contribution >= 0.6 is 0 Å². The van der Waals surface area contributed by atoms with E-state index in [0.29, 0.717) is 0 Å². The number of nitrogens with one attached hydrogen (secondary N) is 1. The predicted molar refractivity (Wildman–Crippen MR) is 49.0 cm³/mol. The molecule has 0 atom stereocenters. The number of hydrogen-bond acceptors (Lipinski definition) is 2. The highest BCUT2D eigenvalue weighted by atomic mass is 19.4. The van der Waals surface area contributed by atoms with Gasteiger partial charge in [0.05, 0.1) is 5.41 Å². The first-order chi connectivity index (χ1) is 6.65. The molecule has 1 saturated carbocycles. The zero-order chi connectivity index (χ0) is 11.9. The third-order valence-electron chi connectivity index (χ3n) is 2.77. The maximum absolute atomic E-state index is 12.5. The minimum absolute atomic E-state index is 0.0206. The summed E-state index contributed by atoms with van der Waals surface area (Å²) in [6.07, 6.45) is -4.45. The molecule has 1 aliphatic carbocycles. The lowest BCUT2D eigenvalue weighted by Crippen LogP contribution is -2.53. The highest BCUT2D eigenvalue weighted by molar-refractivity contribution is 5.83. The van der Waals surface area contributed by atoms with Gasteiger partial charge in [-0.15, -0.1) is 0 Å². The molecule has 3 N–H and O–H groups in total. The molecule has 1 amide bonds. The van der Waals surface area contributed by atoms with Gasteiger partial charge in [0.25, 0.3) is 0 Å². The fraction of sp³-hybridized carbons (Fsp3) is 0.889. The largest absolute Gasteiger partial charge is 0.411 e. The summed E-state index contributed by atoms with van der Waals surface area (Å²) in [5.74, 6) is -0.639. The topological polar surface area (TPSA) is 55.1 Å².